The van der Waals surface area contributed by atoms with Crippen LogP contribution in [-0.2, 0) is 6.54 Å². The van der Waals surface area contributed by atoms with E-state index in [9.17, 15) is 0 Å². The molecule has 0 atom stereocenters. The second-order valence-corrected chi connectivity index (χ2v) is 6.22. The minimum atomic E-state index is 0.828. The Morgan fingerprint density at radius 3 is 2.44 bits per heavy atom. The number of aryl methyl sites for hydroxylation is 2. The monoisotopic (exact) mass is 367 g/mol. The molecule has 0 heterocycles. The van der Waals surface area contributed by atoms with Gasteiger partial charge in [-0.05, 0) is 54.8 Å². The summed E-state index contributed by atoms with van der Waals surface area (Å²) in [4.78, 5) is 0. The smallest absolute Gasteiger partial charge is 0.0401 e. The zero-order valence-electron chi connectivity index (χ0n) is 10.4. The third kappa shape index (κ3) is 3.59. The summed E-state index contributed by atoms with van der Waals surface area (Å²) in [5, 5.41) is 3.44. The lowest BCUT2D eigenvalue weighted by Crippen LogP contribution is -2.00. The summed E-state index contributed by atoms with van der Waals surface area (Å²) in [6.07, 6.45) is 0. The number of anilines is 1. The Balaban J connectivity index is 2.08. The van der Waals surface area contributed by atoms with Gasteiger partial charge in [0.2, 0.25) is 0 Å². The molecule has 2 aromatic carbocycles. The molecule has 1 N–H and O–H groups in total. The Hall–Kier alpha value is -0.800. The van der Waals surface area contributed by atoms with Crippen molar-refractivity contribution in [3.8, 4) is 0 Å². The number of nitrogens with one attached hydrogen (secondary N) is 1. The molecule has 0 aromatic heterocycles. The van der Waals surface area contributed by atoms with E-state index in [1.54, 1.807) is 0 Å². The van der Waals surface area contributed by atoms with Gasteiger partial charge >= 0.3 is 0 Å². The number of rotatable bonds is 3. The molecule has 1 nitrogen and oxygen atoms in total. The molecule has 94 valence electrons. The van der Waals surface area contributed by atoms with Crippen molar-refractivity contribution in [1.29, 1.82) is 0 Å². The van der Waals surface area contributed by atoms with E-state index in [4.69, 9.17) is 0 Å². The Morgan fingerprint density at radius 1 is 1.00 bits per heavy atom. The van der Waals surface area contributed by atoms with Crippen LogP contribution in [0.5, 0.6) is 0 Å². The van der Waals surface area contributed by atoms with Crippen molar-refractivity contribution in [1.82, 2.24) is 0 Å². The average molecular weight is 369 g/mol. The Bertz CT molecular complexity index is 544. The fourth-order valence-electron chi connectivity index (χ4n) is 1.79. The molecule has 0 aliphatic carbocycles. The molecule has 2 aromatic rings. The zero-order chi connectivity index (χ0) is 13.1. The molecular formula is C15H15Br2N. The molecule has 18 heavy (non-hydrogen) atoms. The summed E-state index contributed by atoms with van der Waals surface area (Å²) >= 11 is 7.07. The zero-order valence-corrected chi connectivity index (χ0v) is 13.6. The quantitative estimate of drug-likeness (QED) is 0.760. The largest absolute Gasteiger partial charge is 0.381 e. The van der Waals surface area contributed by atoms with E-state index in [1.807, 2.05) is 0 Å². The summed E-state index contributed by atoms with van der Waals surface area (Å²) in [5.41, 5.74) is 4.91. The number of hydrogen-bond donors (Lipinski definition) is 1. The highest BCUT2D eigenvalue weighted by atomic mass is 79.9. The summed E-state index contributed by atoms with van der Waals surface area (Å²) in [5.74, 6) is 0. The summed E-state index contributed by atoms with van der Waals surface area (Å²) < 4.78 is 2.27. The predicted molar refractivity (Wildman–Crippen MR) is 85.1 cm³/mol. The molecule has 0 fully saturated rings. The van der Waals surface area contributed by atoms with Crippen LogP contribution in [0.4, 0.5) is 5.69 Å². The number of halogens is 2. The topological polar surface area (TPSA) is 12.0 Å². The number of benzene rings is 2. The highest BCUT2D eigenvalue weighted by Crippen LogP contribution is 2.21. The molecule has 3 heteroatoms. The Labute approximate surface area is 125 Å². The molecule has 0 amide bonds. The molecule has 0 bridgehead atoms. The second-order valence-electron chi connectivity index (χ2n) is 4.45. The van der Waals surface area contributed by atoms with Gasteiger partial charge in [0.05, 0.1) is 0 Å². The van der Waals surface area contributed by atoms with Crippen LogP contribution in [0.1, 0.15) is 16.7 Å². The summed E-state index contributed by atoms with van der Waals surface area (Å²) in [6.45, 7) is 5.02. The van der Waals surface area contributed by atoms with Gasteiger partial charge in [0, 0.05) is 21.2 Å². The van der Waals surface area contributed by atoms with Crippen LogP contribution in [0.25, 0.3) is 0 Å². The van der Waals surface area contributed by atoms with Gasteiger partial charge < -0.3 is 5.32 Å². The fourth-order valence-corrected chi connectivity index (χ4v) is 2.82. The van der Waals surface area contributed by atoms with E-state index >= 15 is 0 Å². The van der Waals surface area contributed by atoms with Crippen LogP contribution < -0.4 is 5.32 Å². The van der Waals surface area contributed by atoms with Crippen molar-refractivity contribution in [3.63, 3.8) is 0 Å². The van der Waals surface area contributed by atoms with Crippen molar-refractivity contribution in [2.75, 3.05) is 5.32 Å². The fraction of sp³-hybridized carbons (Fsp3) is 0.200. The molecule has 0 aliphatic heterocycles. The first-order valence-electron chi connectivity index (χ1n) is 5.81. The van der Waals surface area contributed by atoms with E-state index in [2.05, 4.69) is 87.4 Å². The lowest BCUT2D eigenvalue weighted by Gasteiger charge is -2.09. The molecule has 0 saturated heterocycles. The maximum Gasteiger partial charge on any atom is 0.0401 e. The van der Waals surface area contributed by atoms with Gasteiger partial charge in [0.1, 0.15) is 0 Å². The van der Waals surface area contributed by atoms with Crippen LogP contribution in [0.3, 0.4) is 0 Å². The summed E-state index contributed by atoms with van der Waals surface area (Å²) in [6, 6.07) is 12.8. The first-order valence-corrected chi connectivity index (χ1v) is 7.39. The van der Waals surface area contributed by atoms with Gasteiger partial charge in [-0.15, -0.1) is 0 Å². The van der Waals surface area contributed by atoms with E-state index in [1.165, 1.54) is 16.7 Å². The predicted octanol–water partition coefficient (Wildman–Crippen LogP) is 5.44. The van der Waals surface area contributed by atoms with Crippen LogP contribution >= 0.6 is 31.9 Å². The molecule has 0 radical (unpaired) electrons. The number of hydrogen-bond acceptors (Lipinski definition) is 1. The minimum absolute atomic E-state index is 0.828. The molecule has 0 spiro atoms. The molecule has 0 unspecified atom stereocenters. The van der Waals surface area contributed by atoms with Gasteiger partial charge in [-0.1, -0.05) is 44.0 Å². The van der Waals surface area contributed by atoms with Gasteiger partial charge in [0.15, 0.2) is 0 Å². The maximum absolute atomic E-state index is 3.56. The van der Waals surface area contributed by atoms with Crippen molar-refractivity contribution in [2.45, 2.75) is 20.4 Å². The van der Waals surface area contributed by atoms with E-state index in [0.29, 0.717) is 0 Å². The van der Waals surface area contributed by atoms with Gasteiger partial charge in [0.25, 0.3) is 0 Å². The molecule has 2 rings (SSSR count). The average Bonchev–Trinajstić information content (AvgIpc) is 2.29. The van der Waals surface area contributed by atoms with Crippen LogP contribution in [-0.4, -0.2) is 0 Å². The highest BCUT2D eigenvalue weighted by Gasteiger charge is 1.99. The minimum Gasteiger partial charge on any atom is -0.381 e. The van der Waals surface area contributed by atoms with E-state index in [-0.39, 0.29) is 0 Å². The lowest BCUT2D eigenvalue weighted by atomic mass is 10.1. The van der Waals surface area contributed by atoms with Gasteiger partial charge in [-0.25, -0.2) is 0 Å². The van der Waals surface area contributed by atoms with Crippen LogP contribution in [0.2, 0.25) is 0 Å². The van der Waals surface area contributed by atoms with Crippen molar-refractivity contribution >= 4 is 37.5 Å². The van der Waals surface area contributed by atoms with Crippen LogP contribution in [0.15, 0.2) is 45.3 Å². The first-order chi connectivity index (χ1) is 8.54. The Kier molecular flexibility index (Phi) is 4.46. The third-order valence-corrected chi connectivity index (χ3v) is 4.09. The summed E-state index contributed by atoms with van der Waals surface area (Å²) in [7, 11) is 0. The molecular weight excluding hydrogens is 354 g/mol. The van der Waals surface area contributed by atoms with Crippen molar-refractivity contribution < 1.29 is 0 Å². The van der Waals surface area contributed by atoms with Gasteiger partial charge in [-0.3, -0.25) is 0 Å². The standard InChI is InChI=1S/C15H15Br2N/c1-10-5-13(16)8-14(6-10)18-9-12-4-3-11(2)15(17)7-12/h3-8,18H,9H2,1-2H3. The van der Waals surface area contributed by atoms with E-state index in [0.717, 1.165) is 21.2 Å². The second kappa shape index (κ2) is 5.89. The highest BCUT2D eigenvalue weighted by molar-refractivity contribution is 9.10. The normalized spacial score (nSPS) is 10.4. The third-order valence-electron chi connectivity index (χ3n) is 2.78. The van der Waals surface area contributed by atoms with Crippen LogP contribution in [0, 0.1) is 13.8 Å². The van der Waals surface area contributed by atoms with Crippen molar-refractivity contribution in [2.24, 2.45) is 0 Å². The lowest BCUT2D eigenvalue weighted by molar-refractivity contribution is 1.14. The maximum atomic E-state index is 3.56. The molecule has 0 saturated carbocycles. The first kappa shape index (κ1) is 13.6. The SMILES string of the molecule is Cc1cc(Br)cc(NCc2ccc(C)c(Br)c2)c1. The van der Waals surface area contributed by atoms with Crippen molar-refractivity contribution in [3.05, 3.63) is 62.0 Å². The van der Waals surface area contributed by atoms with Gasteiger partial charge in [-0.2, -0.15) is 0 Å². The molecule has 0 aliphatic rings. The Morgan fingerprint density at radius 2 is 1.78 bits per heavy atom. The van der Waals surface area contributed by atoms with E-state index < -0.39 is 0 Å².